The van der Waals surface area contributed by atoms with E-state index in [1.165, 1.54) is 11.9 Å². The second-order valence-corrected chi connectivity index (χ2v) is 6.30. The second kappa shape index (κ2) is 7.47. The summed E-state index contributed by atoms with van der Waals surface area (Å²) in [5, 5.41) is 9.61. The van der Waals surface area contributed by atoms with E-state index < -0.39 is 30.1 Å². The average Bonchev–Trinajstić information content (AvgIpc) is 2.65. The van der Waals surface area contributed by atoms with Crippen molar-refractivity contribution in [2.45, 2.75) is 31.6 Å². The zero-order chi connectivity index (χ0) is 18.7. The van der Waals surface area contributed by atoms with E-state index in [4.69, 9.17) is 9.47 Å². The van der Waals surface area contributed by atoms with E-state index in [-0.39, 0.29) is 6.42 Å². The Hall–Kier alpha value is -3.02. The van der Waals surface area contributed by atoms with Crippen LogP contribution in [0.4, 0.5) is 0 Å². The van der Waals surface area contributed by atoms with Crippen LogP contribution in [0.5, 0.6) is 11.5 Å². The van der Waals surface area contributed by atoms with Crippen LogP contribution < -0.4 is 9.47 Å². The summed E-state index contributed by atoms with van der Waals surface area (Å²) in [5.74, 6) is -0.428. The molecule has 3 unspecified atom stereocenters. The first-order chi connectivity index (χ1) is 12.5. The Balaban J connectivity index is 1.78. The number of benzene rings is 2. The highest BCUT2D eigenvalue weighted by atomic mass is 16.6. The summed E-state index contributed by atoms with van der Waals surface area (Å²) < 4.78 is 11.6. The molecule has 0 spiro atoms. The molecular weight excluding hydrogens is 334 g/mol. The Kier molecular flexibility index (Phi) is 5.11. The molecule has 1 N–H and O–H groups in total. The molecule has 1 aliphatic heterocycles. The molecule has 0 aliphatic carbocycles. The zero-order valence-electron chi connectivity index (χ0n) is 14.7. The molecule has 6 nitrogen and oxygen atoms in total. The maximum absolute atomic E-state index is 12.9. The van der Waals surface area contributed by atoms with E-state index >= 15 is 0 Å². The Morgan fingerprint density at radius 2 is 1.62 bits per heavy atom. The smallest absolute Gasteiger partial charge is 0.326 e. The molecule has 0 aromatic heterocycles. The van der Waals surface area contributed by atoms with Crippen LogP contribution in [-0.4, -0.2) is 47.2 Å². The first kappa shape index (κ1) is 17.8. The summed E-state index contributed by atoms with van der Waals surface area (Å²) in [6.45, 7) is 1.74. The molecule has 2 aromatic carbocycles. The maximum Gasteiger partial charge on any atom is 0.326 e. The minimum absolute atomic E-state index is 0.219. The van der Waals surface area contributed by atoms with Crippen LogP contribution in [0.25, 0.3) is 0 Å². The van der Waals surface area contributed by atoms with E-state index in [2.05, 4.69) is 0 Å². The number of fused-ring (bicyclic) bond motifs is 1. The molecule has 2 aromatic rings. The molecule has 26 heavy (non-hydrogen) atoms. The number of para-hydroxylation sites is 2. The molecular formula is C20H21NO5. The summed E-state index contributed by atoms with van der Waals surface area (Å²) in [7, 11) is 1.49. The Morgan fingerprint density at radius 1 is 1.04 bits per heavy atom. The summed E-state index contributed by atoms with van der Waals surface area (Å²) in [5.41, 5.74) is 0.846. The number of hydrogen-bond acceptors (Lipinski definition) is 4. The van der Waals surface area contributed by atoms with Crippen LogP contribution >= 0.6 is 0 Å². The molecule has 1 aliphatic rings. The van der Waals surface area contributed by atoms with Crippen LogP contribution in [0.1, 0.15) is 12.5 Å². The fraction of sp³-hybridized carbons (Fsp3) is 0.300. The monoisotopic (exact) mass is 355 g/mol. The van der Waals surface area contributed by atoms with Gasteiger partial charge in [-0.05, 0) is 24.6 Å². The minimum atomic E-state index is -1.06. The number of hydrogen-bond donors (Lipinski definition) is 1. The van der Waals surface area contributed by atoms with Gasteiger partial charge < -0.3 is 19.5 Å². The number of carbonyl (C=O) groups is 2. The van der Waals surface area contributed by atoms with Gasteiger partial charge in [-0.2, -0.15) is 0 Å². The molecule has 1 amide bonds. The number of likely N-dealkylation sites (N-methyl/N-ethyl adjacent to an activating group) is 1. The van der Waals surface area contributed by atoms with Crippen molar-refractivity contribution in [3.63, 3.8) is 0 Å². The fourth-order valence-corrected chi connectivity index (χ4v) is 2.97. The van der Waals surface area contributed by atoms with Crippen molar-refractivity contribution < 1.29 is 24.2 Å². The fourth-order valence-electron chi connectivity index (χ4n) is 2.97. The normalized spacial score (nSPS) is 19.5. The first-order valence-electron chi connectivity index (χ1n) is 8.43. The number of nitrogens with zero attached hydrogens (tertiary/aromatic N) is 1. The van der Waals surface area contributed by atoms with E-state index in [0.717, 1.165) is 5.56 Å². The molecule has 1 heterocycles. The molecule has 0 saturated heterocycles. The van der Waals surface area contributed by atoms with Gasteiger partial charge in [0.25, 0.3) is 5.91 Å². The van der Waals surface area contributed by atoms with Crippen molar-refractivity contribution in [3.8, 4) is 11.5 Å². The topological polar surface area (TPSA) is 76.1 Å². The third-order valence-corrected chi connectivity index (χ3v) is 4.46. The SMILES string of the molecule is CC1Oc2ccccc2OC1C(=O)N(C)C(Cc1ccccc1)C(=O)O. The minimum Gasteiger partial charge on any atom is -0.482 e. The lowest BCUT2D eigenvalue weighted by Crippen LogP contribution is -2.54. The standard InChI is InChI=1S/C20H21NO5/c1-13-18(26-17-11-7-6-10-16(17)25-13)19(22)21(2)15(20(23)24)12-14-8-4-3-5-9-14/h3-11,13,15,18H,12H2,1-2H3,(H,23,24). The Bertz CT molecular complexity index is 792. The van der Waals surface area contributed by atoms with E-state index in [9.17, 15) is 14.7 Å². The second-order valence-electron chi connectivity index (χ2n) is 6.30. The quantitative estimate of drug-likeness (QED) is 0.891. The highest BCUT2D eigenvalue weighted by Gasteiger charge is 2.39. The molecule has 3 atom stereocenters. The number of rotatable bonds is 5. The van der Waals surface area contributed by atoms with Crippen molar-refractivity contribution in [2.24, 2.45) is 0 Å². The third kappa shape index (κ3) is 3.64. The van der Waals surface area contributed by atoms with Crippen molar-refractivity contribution in [1.82, 2.24) is 4.90 Å². The van der Waals surface area contributed by atoms with Crippen LogP contribution in [-0.2, 0) is 16.0 Å². The van der Waals surface area contributed by atoms with Crippen LogP contribution in [0.3, 0.4) is 0 Å². The van der Waals surface area contributed by atoms with Crippen molar-refractivity contribution >= 4 is 11.9 Å². The number of amides is 1. The lowest BCUT2D eigenvalue weighted by Gasteiger charge is -2.35. The number of carbonyl (C=O) groups excluding carboxylic acids is 1. The summed E-state index contributed by atoms with van der Waals surface area (Å²) in [4.78, 5) is 25.9. The highest BCUT2D eigenvalue weighted by molar-refractivity contribution is 5.87. The van der Waals surface area contributed by atoms with Crippen LogP contribution in [0.15, 0.2) is 54.6 Å². The third-order valence-electron chi connectivity index (χ3n) is 4.46. The van der Waals surface area contributed by atoms with E-state index in [1.54, 1.807) is 25.1 Å². The van der Waals surface area contributed by atoms with Crippen molar-refractivity contribution in [3.05, 3.63) is 60.2 Å². The summed E-state index contributed by atoms with van der Waals surface area (Å²) in [6, 6.07) is 15.3. The number of ether oxygens (including phenoxy) is 2. The van der Waals surface area contributed by atoms with Gasteiger partial charge in [0.05, 0.1) is 0 Å². The van der Waals surface area contributed by atoms with Crippen LogP contribution in [0, 0.1) is 0 Å². The van der Waals surface area contributed by atoms with Crippen molar-refractivity contribution in [1.29, 1.82) is 0 Å². The summed E-state index contributed by atoms with van der Waals surface area (Å²) >= 11 is 0. The number of carboxylic acids is 1. The molecule has 3 rings (SSSR count). The molecule has 0 saturated carbocycles. The van der Waals surface area contributed by atoms with Gasteiger partial charge in [0.2, 0.25) is 6.10 Å². The molecule has 136 valence electrons. The predicted octanol–water partition coefficient (Wildman–Crippen LogP) is 2.37. The van der Waals surface area contributed by atoms with Gasteiger partial charge in [0, 0.05) is 13.5 Å². The lowest BCUT2D eigenvalue weighted by atomic mass is 10.0. The zero-order valence-corrected chi connectivity index (χ0v) is 14.7. The van der Waals surface area contributed by atoms with Gasteiger partial charge in [0.1, 0.15) is 12.1 Å². The van der Waals surface area contributed by atoms with Crippen LogP contribution in [0.2, 0.25) is 0 Å². The molecule has 6 heteroatoms. The van der Waals surface area contributed by atoms with Gasteiger partial charge in [-0.3, -0.25) is 4.79 Å². The largest absolute Gasteiger partial charge is 0.482 e. The molecule has 0 fully saturated rings. The number of aliphatic carboxylic acids is 1. The first-order valence-corrected chi connectivity index (χ1v) is 8.43. The van der Waals surface area contributed by atoms with E-state index in [1.807, 2.05) is 36.4 Å². The van der Waals surface area contributed by atoms with Gasteiger partial charge in [-0.25, -0.2) is 4.79 Å². The predicted molar refractivity (Wildman–Crippen MR) is 95.3 cm³/mol. The summed E-state index contributed by atoms with van der Waals surface area (Å²) in [6.07, 6.45) is -1.20. The molecule has 0 bridgehead atoms. The van der Waals surface area contributed by atoms with Gasteiger partial charge in [-0.1, -0.05) is 42.5 Å². The van der Waals surface area contributed by atoms with Gasteiger partial charge >= 0.3 is 5.97 Å². The Morgan fingerprint density at radius 3 is 2.23 bits per heavy atom. The Labute approximate surface area is 152 Å². The highest BCUT2D eigenvalue weighted by Crippen LogP contribution is 2.34. The van der Waals surface area contributed by atoms with Gasteiger partial charge in [0.15, 0.2) is 11.5 Å². The maximum atomic E-state index is 12.9. The number of carboxylic acid groups (broad SMARTS) is 1. The van der Waals surface area contributed by atoms with Crippen molar-refractivity contribution in [2.75, 3.05) is 7.05 Å². The average molecular weight is 355 g/mol. The van der Waals surface area contributed by atoms with Gasteiger partial charge in [-0.15, -0.1) is 0 Å². The lowest BCUT2D eigenvalue weighted by molar-refractivity contribution is -0.155. The molecule has 0 radical (unpaired) electrons. The van der Waals surface area contributed by atoms with E-state index in [0.29, 0.717) is 11.5 Å².